The van der Waals surface area contributed by atoms with E-state index >= 15 is 0 Å². The summed E-state index contributed by atoms with van der Waals surface area (Å²) in [6.07, 6.45) is 3.56. The molecule has 1 aliphatic carbocycles. The molecule has 1 heterocycles. The standard InChI is InChI=1S/C13H15Cl2N5/c1-2-13(3-4-13)7-20-12(17-18-19-20)9-5-8(16)6-10(14)11(9)15/h5-6H,2-4,7,16H2,1H3. The Morgan fingerprint density at radius 1 is 1.35 bits per heavy atom. The van der Waals surface area contributed by atoms with Gasteiger partial charge >= 0.3 is 0 Å². The molecule has 7 heteroatoms. The van der Waals surface area contributed by atoms with Crippen LogP contribution in [0.1, 0.15) is 26.2 Å². The number of nitrogen functional groups attached to an aromatic ring is 1. The van der Waals surface area contributed by atoms with E-state index in [9.17, 15) is 0 Å². The molecular formula is C13H15Cl2N5. The summed E-state index contributed by atoms with van der Waals surface area (Å²) in [6, 6.07) is 3.37. The lowest BCUT2D eigenvalue weighted by molar-refractivity contribution is 0.382. The van der Waals surface area contributed by atoms with Gasteiger partial charge in [0, 0.05) is 11.3 Å². The number of rotatable bonds is 4. The van der Waals surface area contributed by atoms with Gasteiger partial charge in [-0.25, -0.2) is 4.68 Å². The van der Waals surface area contributed by atoms with E-state index < -0.39 is 0 Å². The first kappa shape index (κ1) is 13.6. The lowest BCUT2D eigenvalue weighted by Crippen LogP contribution is -2.13. The molecule has 1 aromatic heterocycles. The Morgan fingerprint density at radius 3 is 2.75 bits per heavy atom. The van der Waals surface area contributed by atoms with E-state index in [4.69, 9.17) is 28.9 Å². The van der Waals surface area contributed by atoms with Crippen LogP contribution in [-0.2, 0) is 6.54 Å². The molecular weight excluding hydrogens is 297 g/mol. The van der Waals surface area contributed by atoms with Crippen molar-refractivity contribution in [3.8, 4) is 11.4 Å². The molecule has 1 aromatic carbocycles. The van der Waals surface area contributed by atoms with Crippen molar-refractivity contribution in [2.75, 3.05) is 5.73 Å². The second kappa shape index (κ2) is 4.90. The Labute approximate surface area is 127 Å². The van der Waals surface area contributed by atoms with Gasteiger partial charge in [-0.3, -0.25) is 0 Å². The molecule has 0 atom stereocenters. The monoisotopic (exact) mass is 311 g/mol. The number of nitrogens with two attached hydrogens (primary N) is 1. The van der Waals surface area contributed by atoms with Gasteiger partial charge in [-0.2, -0.15) is 0 Å². The summed E-state index contributed by atoms with van der Waals surface area (Å²) >= 11 is 12.3. The average molecular weight is 312 g/mol. The highest BCUT2D eigenvalue weighted by molar-refractivity contribution is 6.43. The fourth-order valence-corrected chi connectivity index (χ4v) is 2.82. The molecule has 1 fully saturated rings. The quantitative estimate of drug-likeness (QED) is 0.878. The Bertz CT molecular complexity index is 648. The van der Waals surface area contributed by atoms with Gasteiger partial charge in [-0.1, -0.05) is 30.1 Å². The number of hydrogen-bond donors (Lipinski definition) is 1. The number of aromatic nitrogens is 4. The normalized spacial score (nSPS) is 16.4. The SMILES string of the molecule is CCC1(Cn2nnnc2-c2cc(N)cc(Cl)c2Cl)CC1. The molecule has 0 spiro atoms. The van der Waals surface area contributed by atoms with Crippen molar-refractivity contribution in [2.24, 2.45) is 5.41 Å². The maximum Gasteiger partial charge on any atom is 0.183 e. The van der Waals surface area contributed by atoms with Gasteiger partial charge in [0.15, 0.2) is 5.82 Å². The molecule has 5 nitrogen and oxygen atoms in total. The molecule has 3 rings (SSSR count). The fraction of sp³-hybridized carbons (Fsp3) is 0.462. The van der Waals surface area contributed by atoms with E-state index in [1.54, 1.807) is 16.8 Å². The molecule has 0 amide bonds. The Hall–Kier alpha value is -1.33. The average Bonchev–Trinajstić information content (AvgIpc) is 3.04. The van der Waals surface area contributed by atoms with Crippen molar-refractivity contribution < 1.29 is 0 Å². The molecule has 2 aromatic rings. The van der Waals surface area contributed by atoms with Crippen molar-refractivity contribution >= 4 is 28.9 Å². The topological polar surface area (TPSA) is 69.6 Å². The van der Waals surface area contributed by atoms with Crippen molar-refractivity contribution in [1.29, 1.82) is 0 Å². The van der Waals surface area contributed by atoms with Gasteiger partial charge in [0.25, 0.3) is 0 Å². The van der Waals surface area contributed by atoms with Crippen LogP contribution >= 0.6 is 23.2 Å². The van der Waals surface area contributed by atoms with E-state index in [0.29, 0.717) is 32.5 Å². The summed E-state index contributed by atoms with van der Waals surface area (Å²) in [4.78, 5) is 0. The van der Waals surface area contributed by atoms with Crippen LogP contribution in [0.5, 0.6) is 0 Å². The highest BCUT2D eigenvalue weighted by atomic mass is 35.5. The van der Waals surface area contributed by atoms with Crippen molar-refractivity contribution in [3.05, 3.63) is 22.2 Å². The van der Waals surface area contributed by atoms with Crippen LogP contribution in [0, 0.1) is 5.41 Å². The summed E-state index contributed by atoms with van der Waals surface area (Å²) in [5.74, 6) is 0.615. The molecule has 20 heavy (non-hydrogen) atoms. The lowest BCUT2D eigenvalue weighted by atomic mass is 10.0. The molecule has 1 saturated carbocycles. The highest BCUT2D eigenvalue weighted by Crippen LogP contribution is 2.50. The van der Waals surface area contributed by atoms with Gasteiger partial charge in [0.2, 0.25) is 0 Å². The van der Waals surface area contributed by atoms with Crippen LogP contribution in [0.15, 0.2) is 12.1 Å². The van der Waals surface area contributed by atoms with Crippen LogP contribution in [0.4, 0.5) is 5.69 Å². The van der Waals surface area contributed by atoms with Crippen molar-refractivity contribution in [2.45, 2.75) is 32.7 Å². The van der Waals surface area contributed by atoms with E-state index in [1.807, 2.05) is 0 Å². The second-order valence-corrected chi connectivity index (χ2v) is 6.16. The molecule has 0 unspecified atom stereocenters. The summed E-state index contributed by atoms with van der Waals surface area (Å²) in [5.41, 5.74) is 7.38. The number of hydrogen-bond acceptors (Lipinski definition) is 4. The summed E-state index contributed by atoms with van der Waals surface area (Å²) < 4.78 is 1.80. The first-order valence-electron chi connectivity index (χ1n) is 6.56. The largest absolute Gasteiger partial charge is 0.399 e. The zero-order valence-corrected chi connectivity index (χ0v) is 12.6. The first-order chi connectivity index (χ1) is 9.54. The Kier molecular flexibility index (Phi) is 3.34. The molecule has 2 N–H and O–H groups in total. The summed E-state index contributed by atoms with van der Waals surface area (Å²) in [5, 5.41) is 12.8. The summed E-state index contributed by atoms with van der Waals surface area (Å²) in [7, 11) is 0. The minimum absolute atomic E-state index is 0.334. The van der Waals surface area contributed by atoms with Crippen LogP contribution in [-0.4, -0.2) is 20.2 Å². The van der Waals surface area contributed by atoms with Gasteiger partial charge in [-0.05, 0) is 47.2 Å². The minimum atomic E-state index is 0.334. The van der Waals surface area contributed by atoms with E-state index in [2.05, 4.69) is 22.4 Å². The van der Waals surface area contributed by atoms with Crippen molar-refractivity contribution in [1.82, 2.24) is 20.2 Å². The number of halogens is 2. The molecule has 0 saturated heterocycles. The zero-order chi connectivity index (χ0) is 14.3. The van der Waals surface area contributed by atoms with Gasteiger partial charge in [0.1, 0.15) is 0 Å². The summed E-state index contributed by atoms with van der Waals surface area (Å²) in [6.45, 7) is 3.00. The van der Waals surface area contributed by atoms with Gasteiger partial charge < -0.3 is 5.73 Å². The Morgan fingerprint density at radius 2 is 2.10 bits per heavy atom. The van der Waals surface area contributed by atoms with Crippen LogP contribution in [0.3, 0.4) is 0 Å². The highest BCUT2D eigenvalue weighted by Gasteiger charge is 2.42. The second-order valence-electron chi connectivity index (χ2n) is 5.38. The van der Waals surface area contributed by atoms with Crippen molar-refractivity contribution in [3.63, 3.8) is 0 Å². The molecule has 106 valence electrons. The third kappa shape index (κ3) is 2.36. The lowest BCUT2D eigenvalue weighted by Gasteiger charge is -2.14. The number of benzene rings is 1. The number of tetrazole rings is 1. The van der Waals surface area contributed by atoms with Crippen LogP contribution < -0.4 is 5.73 Å². The molecule has 1 aliphatic rings. The first-order valence-corrected chi connectivity index (χ1v) is 7.31. The van der Waals surface area contributed by atoms with Gasteiger partial charge in [-0.15, -0.1) is 5.10 Å². The van der Waals surface area contributed by atoms with E-state index in [-0.39, 0.29) is 0 Å². The van der Waals surface area contributed by atoms with E-state index in [1.165, 1.54) is 12.8 Å². The van der Waals surface area contributed by atoms with Crippen LogP contribution in [0.2, 0.25) is 10.0 Å². The third-order valence-corrected chi connectivity index (χ3v) is 4.82. The van der Waals surface area contributed by atoms with E-state index in [0.717, 1.165) is 13.0 Å². The third-order valence-electron chi connectivity index (χ3n) is 4.02. The van der Waals surface area contributed by atoms with Gasteiger partial charge in [0.05, 0.1) is 16.6 Å². The fourth-order valence-electron chi connectivity index (χ4n) is 2.39. The zero-order valence-electron chi connectivity index (χ0n) is 11.1. The predicted molar refractivity (Wildman–Crippen MR) is 79.6 cm³/mol. The minimum Gasteiger partial charge on any atom is -0.399 e. The molecule has 0 radical (unpaired) electrons. The maximum atomic E-state index is 6.25. The smallest absolute Gasteiger partial charge is 0.183 e. The number of nitrogens with zero attached hydrogens (tertiary/aromatic N) is 4. The predicted octanol–water partition coefficient (Wildman–Crippen LogP) is 3.42. The molecule has 0 aliphatic heterocycles. The maximum absolute atomic E-state index is 6.25. The van der Waals surface area contributed by atoms with Crippen LogP contribution in [0.25, 0.3) is 11.4 Å². The Balaban J connectivity index is 2.01. The number of anilines is 1. The molecule has 0 bridgehead atoms.